The minimum absolute atomic E-state index is 0.0613. The molecule has 1 heterocycles. The highest BCUT2D eigenvalue weighted by Gasteiger charge is 2.32. The maximum Gasteiger partial charge on any atom is 0.243 e. The number of allylic oxidation sites excluding steroid dienone is 2. The van der Waals surface area contributed by atoms with Gasteiger partial charge in [0.25, 0.3) is 0 Å². The first-order chi connectivity index (χ1) is 12.9. The highest BCUT2D eigenvalue weighted by Crippen LogP contribution is 2.25. The summed E-state index contributed by atoms with van der Waals surface area (Å²) < 4.78 is 27.4. The van der Waals surface area contributed by atoms with Gasteiger partial charge in [0.05, 0.1) is 4.90 Å². The largest absolute Gasteiger partial charge is 0.340 e. The Morgan fingerprint density at radius 1 is 1.11 bits per heavy atom. The number of rotatable bonds is 5. The Kier molecular flexibility index (Phi) is 6.37. The first-order valence-electron chi connectivity index (χ1n) is 9.97. The molecule has 27 heavy (non-hydrogen) atoms. The first kappa shape index (κ1) is 20.1. The molecule has 3 rings (SSSR count). The van der Waals surface area contributed by atoms with E-state index < -0.39 is 10.0 Å². The van der Waals surface area contributed by atoms with Crippen molar-refractivity contribution in [1.82, 2.24) is 9.21 Å². The molecule has 0 N–H and O–H groups in total. The van der Waals surface area contributed by atoms with Crippen molar-refractivity contribution < 1.29 is 13.2 Å². The van der Waals surface area contributed by atoms with Gasteiger partial charge in [-0.1, -0.05) is 38.1 Å². The lowest BCUT2D eigenvalue weighted by Crippen LogP contribution is -2.51. The van der Waals surface area contributed by atoms with Crippen LogP contribution in [0.4, 0.5) is 0 Å². The SMILES string of the molecule is CCC(C)c1ccc(S(=O)(=O)N2CCN(C(=O)C3CC=CCC3)CC2)cc1. The van der Waals surface area contributed by atoms with E-state index in [-0.39, 0.29) is 11.8 Å². The lowest BCUT2D eigenvalue weighted by Gasteiger charge is -2.36. The quantitative estimate of drug-likeness (QED) is 0.724. The summed E-state index contributed by atoms with van der Waals surface area (Å²) >= 11 is 0. The molecule has 2 atom stereocenters. The Morgan fingerprint density at radius 2 is 1.78 bits per heavy atom. The molecule has 1 aromatic rings. The number of hydrogen-bond donors (Lipinski definition) is 0. The third-order valence-electron chi connectivity index (χ3n) is 5.87. The molecule has 1 aliphatic carbocycles. The number of amides is 1. The normalized spacial score (nSPS) is 22.6. The van der Waals surface area contributed by atoms with Crippen LogP contribution in [0.5, 0.6) is 0 Å². The third kappa shape index (κ3) is 4.43. The Hall–Kier alpha value is -1.66. The van der Waals surface area contributed by atoms with Crippen molar-refractivity contribution in [2.45, 2.75) is 50.3 Å². The molecule has 1 saturated heterocycles. The van der Waals surface area contributed by atoms with Crippen molar-refractivity contribution in [3.63, 3.8) is 0 Å². The predicted octanol–water partition coefficient (Wildman–Crippen LogP) is 3.39. The topological polar surface area (TPSA) is 57.7 Å². The monoisotopic (exact) mass is 390 g/mol. The number of sulfonamides is 1. The van der Waals surface area contributed by atoms with Crippen LogP contribution in [0.2, 0.25) is 0 Å². The highest BCUT2D eigenvalue weighted by molar-refractivity contribution is 7.89. The number of benzene rings is 1. The van der Waals surface area contributed by atoms with Crippen molar-refractivity contribution in [1.29, 1.82) is 0 Å². The molecule has 2 unspecified atom stereocenters. The maximum atomic E-state index is 12.9. The second-order valence-corrected chi connectivity index (χ2v) is 9.53. The van der Waals surface area contributed by atoms with Gasteiger partial charge in [-0.2, -0.15) is 4.31 Å². The van der Waals surface area contributed by atoms with Gasteiger partial charge in [-0.15, -0.1) is 0 Å². The van der Waals surface area contributed by atoms with Crippen LogP contribution in [0, 0.1) is 5.92 Å². The van der Waals surface area contributed by atoms with E-state index in [0.29, 0.717) is 37.0 Å². The molecule has 0 bridgehead atoms. The van der Waals surface area contributed by atoms with E-state index in [2.05, 4.69) is 26.0 Å². The van der Waals surface area contributed by atoms with Gasteiger partial charge >= 0.3 is 0 Å². The van der Waals surface area contributed by atoms with Gasteiger partial charge in [0.15, 0.2) is 0 Å². The summed E-state index contributed by atoms with van der Waals surface area (Å²) in [5.74, 6) is 0.659. The van der Waals surface area contributed by atoms with E-state index in [1.165, 1.54) is 4.31 Å². The maximum absolute atomic E-state index is 12.9. The standard InChI is InChI=1S/C21H30N2O3S/c1-3-17(2)18-9-11-20(12-10-18)27(25,26)23-15-13-22(14-16-23)21(24)19-7-5-4-6-8-19/h4-5,9-12,17,19H,3,6-8,13-16H2,1-2H3. The van der Waals surface area contributed by atoms with Crippen molar-refractivity contribution in [2.24, 2.45) is 5.92 Å². The number of carbonyl (C=O) groups excluding carboxylic acids is 1. The van der Waals surface area contributed by atoms with E-state index in [1.54, 1.807) is 12.1 Å². The first-order valence-corrected chi connectivity index (χ1v) is 11.4. The average Bonchev–Trinajstić information content (AvgIpc) is 2.73. The van der Waals surface area contributed by atoms with Crippen LogP contribution < -0.4 is 0 Å². The lowest BCUT2D eigenvalue weighted by molar-refractivity contribution is -0.137. The summed E-state index contributed by atoms with van der Waals surface area (Å²) in [4.78, 5) is 14.8. The Bertz CT molecular complexity index is 778. The fraction of sp³-hybridized carbons (Fsp3) is 0.571. The summed E-state index contributed by atoms with van der Waals surface area (Å²) in [6.07, 6.45) is 7.89. The van der Waals surface area contributed by atoms with Gasteiger partial charge in [0, 0.05) is 32.1 Å². The van der Waals surface area contributed by atoms with Crippen LogP contribution in [0.3, 0.4) is 0 Å². The Morgan fingerprint density at radius 3 is 2.33 bits per heavy atom. The van der Waals surface area contributed by atoms with E-state index in [1.807, 2.05) is 17.0 Å². The number of hydrogen-bond acceptors (Lipinski definition) is 3. The molecule has 0 radical (unpaired) electrons. The molecular weight excluding hydrogens is 360 g/mol. The Balaban J connectivity index is 1.62. The minimum Gasteiger partial charge on any atom is -0.340 e. The molecule has 1 amide bonds. The molecule has 1 aliphatic heterocycles. The Labute approximate surface area is 163 Å². The summed E-state index contributed by atoms with van der Waals surface area (Å²) in [6.45, 7) is 5.95. The molecule has 6 heteroatoms. The van der Waals surface area contributed by atoms with Crippen LogP contribution in [-0.2, 0) is 14.8 Å². The third-order valence-corrected chi connectivity index (χ3v) is 7.78. The van der Waals surface area contributed by atoms with Crippen molar-refractivity contribution in [3.8, 4) is 0 Å². The molecule has 2 aliphatic rings. The van der Waals surface area contributed by atoms with Crippen LogP contribution in [0.1, 0.15) is 51.0 Å². The zero-order chi connectivity index (χ0) is 19.4. The fourth-order valence-corrected chi connectivity index (χ4v) is 5.20. The number of carbonyl (C=O) groups is 1. The zero-order valence-electron chi connectivity index (χ0n) is 16.3. The fourth-order valence-electron chi connectivity index (χ4n) is 3.78. The second kappa shape index (κ2) is 8.57. The van der Waals surface area contributed by atoms with Gasteiger partial charge in [-0.05, 0) is 49.3 Å². The molecule has 5 nitrogen and oxygen atoms in total. The van der Waals surface area contributed by atoms with Gasteiger partial charge in [0.2, 0.25) is 15.9 Å². The molecule has 1 aromatic carbocycles. The molecule has 1 fully saturated rings. The molecular formula is C21H30N2O3S. The molecule has 0 spiro atoms. The molecule has 0 aromatic heterocycles. The van der Waals surface area contributed by atoms with Crippen molar-refractivity contribution in [3.05, 3.63) is 42.0 Å². The zero-order valence-corrected chi connectivity index (χ0v) is 17.1. The lowest BCUT2D eigenvalue weighted by atomic mass is 9.93. The van der Waals surface area contributed by atoms with Gasteiger partial charge in [-0.3, -0.25) is 4.79 Å². The molecule has 0 saturated carbocycles. The van der Waals surface area contributed by atoms with Crippen LogP contribution in [0.15, 0.2) is 41.3 Å². The van der Waals surface area contributed by atoms with Crippen molar-refractivity contribution in [2.75, 3.05) is 26.2 Å². The predicted molar refractivity (Wildman–Crippen MR) is 107 cm³/mol. The van der Waals surface area contributed by atoms with E-state index >= 15 is 0 Å². The highest BCUT2D eigenvalue weighted by atomic mass is 32.2. The summed E-state index contributed by atoms with van der Waals surface area (Å²) in [7, 11) is -3.50. The smallest absolute Gasteiger partial charge is 0.243 e. The van der Waals surface area contributed by atoms with E-state index in [0.717, 1.165) is 31.2 Å². The van der Waals surface area contributed by atoms with E-state index in [9.17, 15) is 13.2 Å². The van der Waals surface area contributed by atoms with Gasteiger partial charge < -0.3 is 4.90 Å². The second-order valence-electron chi connectivity index (χ2n) is 7.59. The van der Waals surface area contributed by atoms with E-state index in [4.69, 9.17) is 0 Å². The van der Waals surface area contributed by atoms with Crippen LogP contribution in [-0.4, -0.2) is 49.7 Å². The summed E-state index contributed by atoms with van der Waals surface area (Å²) in [5.41, 5.74) is 1.16. The van der Waals surface area contributed by atoms with Crippen LogP contribution >= 0.6 is 0 Å². The van der Waals surface area contributed by atoms with Gasteiger partial charge in [0.1, 0.15) is 0 Å². The summed E-state index contributed by atoms with van der Waals surface area (Å²) in [5, 5.41) is 0. The van der Waals surface area contributed by atoms with Crippen molar-refractivity contribution >= 4 is 15.9 Å². The van der Waals surface area contributed by atoms with Gasteiger partial charge in [-0.25, -0.2) is 8.42 Å². The average molecular weight is 391 g/mol. The summed E-state index contributed by atoms with van der Waals surface area (Å²) in [6, 6.07) is 7.25. The molecule has 148 valence electrons. The minimum atomic E-state index is -3.50. The number of piperazine rings is 1. The van der Waals surface area contributed by atoms with Crippen LogP contribution in [0.25, 0.3) is 0 Å². The number of nitrogens with zero attached hydrogens (tertiary/aromatic N) is 2.